The van der Waals surface area contributed by atoms with Gasteiger partial charge in [-0.25, -0.2) is 0 Å². The maximum Gasteiger partial charge on any atom is 0.228 e. The molecule has 1 heterocycles. The standard InChI is InChI=1S/C15H16Cl2N2O3/c16-9-1-2-12(17)13(7-9)18-14(20)10-8-11(10)15(21)19-3-5-22-6-4-19/h1-2,7,10-11H,3-6,8H2,(H,18,20). The minimum Gasteiger partial charge on any atom is -0.378 e. The van der Waals surface area contributed by atoms with Crippen LogP contribution in [0.2, 0.25) is 10.0 Å². The van der Waals surface area contributed by atoms with Crippen molar-refractivity contribution in [3.05, 3.63) is 28.2 Å². The molecule has 1 aromatic carbocycles. The Hall–Kier alpha value is -1.30. The average Bonchev–Trinajstić information content (AvgIpc) is 3.32. The van der Waals surface area contributed by atoms with Crippen molar-refractivity contribution in [2.45, 2.75) is 6.42 Å². The van der Waals surface area contributed by atoms with Gasteiger partial charge in [0.05, 0.1) is 35.8 Å². The molecular weight excluding hydrogens is 327 g/mol. The van der Waals surface area contributed by atoms with Crippen LogP contribution in [0.3, 0.4) is 0 Å². The summed E-state index contributed by atoms with van der Waals surface area (Å²) in [4.78, 5) is 26.3. The normalized spacial score (nSPS) is 24.0. The van der Waals surface area contributed by atoms with E-state index in [1.54, 1.807) is 23.1 Å². The number of hydrogen-bond donors (Lipinski definition) is 1. The Kier molecular flexibility index (Phi) is 4.57. The molecule has 0 bridgehead atoms. The zero-order valence-corrected chi connectivity index (χ0v) is 13.4. The zero-order valence-electron chi connectivity index (χ0n) is 11.9. The number of ether oxygens (including phenoxy) is 1. The summed E-state index contributed by atoms with van der Waals surface area (Å²) in [7, 11) is 0. The van der Waals surface area contributed by atoms with Gasteiger partial charge in [0.2, 0.25) is 11.8 Å². The average molecular weight is 343 g/mol. The Morgan fingerprint density at radius 3 is 2.64 bits per heavy atom. The molecule has 0 spiro atoms. The lowest BCUT2D eigenvalue weighted by Crippen LogP contribution is -2.42. The predicted octanol–water partition coefficient (Wildman–Crippen LogP) is 2.43. The number of benzene rings is 1. The maximum absolute atomic E-state index is 12.3. The topological polar surface area (TPSA) is 58.6 Å². The Bertz CT molecular complexity index is 602. The largest absolute Gasteiger partial charge is 0.378 e. The highest BCUT2D eigenvalue weighted by Gasteiger charge is 2.49. The number of morpholine rings is 1. The number of halogens is 2. The number of nitrogens with zero attached hydrogens (tertiary/aromatic N) is 1. The second kappa shape index (κ2) is 6.44. The van der Waals surface area contributed by atoms with Crippen LogP contribution in [0.5, 0.6) is 0 Å². The predicted molar refractivity (Wildman–Crippen MR) is 84.1 cm³/mol. The molecule has 2 unspecified atom stereocenters. The van der Waals surface area contributed by atoms with E-state index in [1.165, 1.54) is 0 Å². The molecule has 2 atom stereocenters. The van der Waals surface area contributed by atoms with E-state index in [0.717, 1.165) is 0 Å². The van der Waals surface area contributed by atoms with Gasteiger partial charge in [-0.3, -0.25) is 9.59 Å². The van der Waals surface area contributed by atoms with Crippen LogP contribution in [0.1, 0.15) is 6.42 Å². The van der Waals surface area contributed by atoms with Gasteiger partial charge in [-0.1, -0.05) is 23.2 Å². The summed E-state index contributed by atoms with van der Waals surface area (Å²) in [5, 5.41) is 3.67. The van der Waals surface area contributed by atoms with E-state index in [1.807, 2.05) is 0 Å². The summed E-state index contributed by atoms with van der Waals surface area (Å²) < 4.78 is 5.23. The molecule has 3 rings (SSSR count). The third-order valence-electron chi connectivity index (χ3n) is 3.95. The summed E-state index contributed by atoms with van der Waals surface area (Å²) in [6.07, 6.45) is 0.584. The molecule has 2 amide bonds. The van der Waals surface area contributed by atoms with Crippen molar-refractivity contribution in [3.8, 4) is 0 Å². The summed E-state index contributed by atoms with van der Waals surface area (Å²) in [5.41, 5.74) is 0.476. The molecule has 7 heteroatoms. The van der Waals surface area contributed by atoms with Crippen molar-refractivity contribution < 1.29 is 14.3 Å². The number of carbonyl (C=O) groups excluding carboxylic acids is 2. The molecule has 1 aliphatic heterocycles. The summed E-state index contributed by atoms with van der Waals surface area (Å²) in [5.74, 6) is -0.655. The van der Waals surface area contributed by atoms with Crippen molar-refractivity contribution in [2.75, 3.05) is 31.6 Å². The molecule has 2 aliphatic rings. The number of nitrogens with one attached hydrogen (secondary N) is 1. The lowest BCUT2D eigenvalue weighted by molar-refractivity contribution is -0.137. The molecule has 0 aromatic heterocycles. The van der Waals surface area contributed by atoms with Gasteiger partial charge in [-0.15, -0.1) is 0 Å². The smallest absolute Gasteiger partial charge is 0.228 e. The molecule has 2 fully saturated rings. The van der Waals surface area contributed by atoms with E-state index < -0.39 is 0 Å². The monoisotopic (exact) mass is 342 g/mol. The van der Waals surface area contributed by atoms with E-state index in [2.05, 4.69) is 5.32 Å². The van der Waals surface area contributed by atoms with Gasteiger partial charge in [0, 0.05) is 18.1 Å². The van der Waals surface area contributed by atoms with Gasteiger partial charge < -0.3 is 15.0 Å². The highest BCUT2D eigenvalue weighted by molar-refractivity contribution is 6.35. The molecule has 0 radical (unpaired) electrons. The minimum atomic E-state index is -0.287. The quantitative estimate of drug-likeness (QED) is 0.917. The number of amides is 2. The number of rotatable bonds is 3. The highest BCUT2D eigenvalue weighted by Crippen LogP contribution is 2.41. The molecule has 5 nitrogen and oxygen atoms in total. The molecule has 1 aliphatic carbocycles. The van der Waals surface area contributed by atoms with Crippen LogP contribution in [-0.4, -0.2) is 43.0 Å². The molecule has 22 heavy (non-hydrogen) atoms. The second-order valence-electron chi connectivity index (χ2n) is 5.50. The summed E-state index contributed by atoms with van der Waals surface area (Å²) in [6.45, 7) is 2.33. The minimum absolute atomic E-state index is 0.0423. The fourth-order valence-electron chi connectivity index (χ4n) is 2.59. The second-order valence-corrected chi connectivity index (χ2v) is 6.34. The molecule has 1 saturated carbocycles. The highest BCUT2D eigenvalue weighted by atomic mass is 35.5. The lowest BCUT2D eigenvalue weighted by Gasteiger charge is -2.27. The van der Waals surface area contributed by atoms with Crippen LogP contribution < -0.4 is 5.32 Å². The summed E-state index contributed by atoms with van der Waals surface area (Å²) >= 11 is 11.9. The van der Waals surface area contributed by atoms with E-state index >= 15 is 0 Å². The number of hydrogen-bond acceptors (Lipinski definition) is 3. The number of anilines is 1. The number of carbonyl (C=O) groups is 2. The van der Waals surface area contributed by atoms with Gasteiger partial charge in [-0.05, 0) is 24.6 Å². The van der Waals surface area contributed by atoms with Crippen LogP contribution >= 0.6 is 23.2 Å². The van der Waals surface area contributed by atoms with Crippen LogP contribution in [0.4, 0.5) is 5.69 Å². The first-order chi connectivity index (χ1) is 10.6. The van der Waals surface area contributed by atoms with Gasteiger partial charge in [0.15, 0.2) is 0 Å². The van der Waals surface area contributed by atoms with Crippen molar-refractivity contribution in [1.82, 2.24) is 4.90 Å². The van der Waals surface area contributed by atoms with Gasteiger partial charge in [0.25, 0.3) is 0 Å². The van der Waals surface area contributed by atoms with E-state index in [4.69, 9.17) is 27.9 Å². The summed E-state index contributed by atoms with van der Waals surface area (Å²) in [6, 6.07) is 4.88. The van der Waals surface area contributed by atoms with Crippen molar-refractivity contribution >= 4 is 40.7 Å². The molecule has 1 N–H and O–H groups in total. The third-order valence-corrected chi connectivity index (χ3v) is 4.52. The SMILES string of the molecule is O=C(Nc1cc(Cl)ccc1Cl)C1CC1C(=O)N1CCOCC1. The molecule has 1 saturated heterocycles. The van der Waals surface area contributed by atoms with Crippen LogP contribution in [0.15, 0.2) is 18.2 Å². The van der Waals surface area contributed by atoms with Gasteiger partial charge in [-0.2, -0.15) is 0 Å². The Labute approximate surface area is 138 Å². The Morgan fingerprint density at radius 2 is 1.91 bits per heavy atom. The zero-order chi connectivity index (χ0) is 15.7. The molecular formula is C15H16Cl2N2O3. The Morgan fingerprint density at radius 1 is 1.18 bits per heavy atom. The van der Waals surface area contributed by atoms with Gasteiger partial charge in [0.1, 0.15) is 0 Å². The Balaban J connectivity index is 1.58. The van der Waals surface area contributed by atoms with Gasteiger partial charge >= 0.3 is 0 Å². The maximum atomic E-state index is 12.3. The first-order valence-electron chi connectivity index (χ1n) is 7.18. The fourth-order valence-corrected chi connectivity index (χ4v) is 2.93. The van der Waals surface area contributed by atoms with E-state index in [0.29, 0.717) is 48.5 Å². The van der Waals surface area contributed by atoms with Crippen LogP contribution in [0.25, 0.3) is 0 Å². The third kappa shape index (κ3) is 3.37. The fraction of sp³-hybridized carbons (Fsp3) is 0.467. The lowest BCUT2D eigenvalue weighted by atomic mass is 10.2. The first kappa shape index (κ1) is 15.6. The first-order valence-corrected chi connectivity index (χ1v) is 7.94. The van der Waals surface area contributed by atoms with E-state index in [9.17, 15) is 9.59 Å². The van der Waals surface area contributed by atoms with Crippen molar-refractivity contribution in [3.63, 3.8) is 0 Å². The van der Waals surface area contributed by atoms with E-state index in [-0.39, 0.29) is 23.7 Å². The van der Waals surface area contributed by atoms with Crippen molar-refractivity contribution in [1.29, 1.82) is 0 Å². The molecule has 1 aromatic rings. The molecule has 118 valence electrons. The van der Waals surface area contributed by atoms with Crippen LogP contribution in [0, 0.1) is 11.8 Å². The van der Waals surface area contributed by atoms with Crippen LogP contribution in [-0.2, 0) is 14.3 Å². The van der Waals surface area contributed by atoms with Crippen molar-refractivity contribution in [2.24, 2.45) is 11.8 Å².